The highest BCUT2D eigenvalue weighted by molar-refractivity contribution is 6.09. The third kappa shape index (κ3) is 12.0. The van der Waals surface area contributed by atoms with Gasteiger partial charge in [-0.15, -0.1) is 49.6 Å². The van der Waals surface area contributed by atoms with E-state index in [1.165, 1.54) is 0 Å². The molecule has 49 heavy (non-hydrogen) atoms. The van der Waals surface area contributed by atoms with Crippen molar-refractivity contribution in [1.29, 1.82) is 0 Å². The fraction of sp³-hybridized carbons (Fsp3) is 0.125. The molecule has 0 saturated carbocycles. The SMILES string of the molecule is C[C@@H](N)c1ccc(C(=O)Nc2ccnc3[nH]ccc23)cc1.C[C@@H](N)c1ccc(C(=O)Nc2ccnc3[nH]ccc23)cc1.Cl.Cl.Cl.Cl.O.O.O. The Hall–Kier alpha value is -4.28. The zero-order valence-electron chi connectivity index (χ0n) is 26.4. The average Bonchev–Trinajstić information content (AvgIpc) is 3.69. The minimum Gasteiger partial charge on any atom is -0.412 e. The summed E-state index contributed by atoms with van der Waals surface area (Å²) in [5.41, 5.74) is 17.8. The third-order valence-electron chi connectivity index (χ3n) is 6.81. The number of aromatic amines is 2. The molecular weight excluding hydrogens is 718 g/mol. The van der Waals surface area contributed by atoms with Gasteiger partial charge in [0.15, 0.2) is 0 Å². The molecule has 0 aliphatic carbocycles. The number of carbonyl (C=O) groups is 2. The van der Waals surface area contributed by atoms with Crippen molar-refractivity contribution in [2.45, 2.75) is 25.9 Å². The molecule has 14 N–H and O–H groups in total. The lowest BCUT2D eigenvalue weighted by Crippen LogP contribution is -2.12. The Balaban J connectivity index is -0.000000756. The highest BCUT2D eigenvalue weighted by Gasteiger charge is 2.11. The molecule has 0 saturated heterocycles. The Morgan fingerprint density at radius 2 is 0.898 bits per heavy atom. The number of hydrogen-bond acceptors (Lipinski definition) is 6. The Kier molecular flexibility index (Phi) is 22.4. The molecule has 13 nitrogen and oxygen atoms in total. The highest BCUT2D eigenvalue weighted by atomic mass is 35.5. The summed E-state index contributed by atoms with van der Waals surface area (Å²) in [5.74, 6) is -0.306. The first-order valence-corrected chi connectivity index (χ1v) is 13.5. The number of carbonyl (C=O) groups excluding carboxylic acids is 2. The number of benzene rings is 2. The Labute approximate surface area is 307 Å². The maximum Gasteiger partial charge on any atom is 0.255 e. The first-order chi connectivity index (χ1) is 20.3. The summed E-state index contributed by atoms with van der Waals surface area (Å²) in [5, 5.41) is 7.59. The van der Waals surface area contributed by atoms with Gasteiger partial charge < -0.3 is 48.5 Å². The number of rotatable bonds is 6. The van der Waals surface area contributed by atoms with Gasteiger partial charge in [0.25, 0.3) is 11.8 Å². The summed E-state index contributed by atoms with van der Waals surface area (Å²) < 4.78 is 0. The van der Waals surface area contributed by atoms with Crippen LogP contribution in [0.25, 0.3) is 22.1 Å². The number of H-pyrrole nitrogens is 2. The molecule has 0 aliphatic rings. The maximum atomic E-state index is 12.3. The van der Waals surface area contributed by atoms with Gasteiger partial charge in [0.2, 0.25) is 0 Å². The van der Waals surface area contributed by atoms with Crippen molar-refractivity contribution in [3.05, 3.63) is 120 Å². The van der Waals surface area contributed by atoms with Gasteiger partial charge in [-0.05, 0) is 73.5 Å². The second kappa shape index (κ2) is 22.4. The highest BCUT2D eigenvalue weighted by Crippen LogP contribution is 2.22. The monoisotopic (exact) mass is 758 g/mol. The van der Waals surface area contributed by atoms with E-state index in [-0.39, 0.29) is 90.0 Å². The number of nitrogens with zero attached hydrogens (tertiary/aromatic N) is 2. The molecule has 0 aliphatic heterocycles. The smallest absolute Gasteiger partial charge is 0.255 e. The third-order valence-corrected chi connectivity index (χ3v) is 6.81. The number of aromatic nitrogens is 4. The molecule has 268 valence electrons. The van der Waals surface area contributed by atoms with Gasteiger partial charge in [0.1, 0.15) is 11.3 Å². The summed E-state index contributed by atoms with van der Waals surface area (Å²) >= 11 is 0. The molecule has 0 bridgehead atoms. The molecule has 6 rings (SSSR count). The van der Waals surface area contributed by atoms with Crippen molar-refractivity contribution in [3.8, 4) is 0 Å². The van der Waals surface area contributed by atoms with Crippen molar-refractivity contribution >= 4 is 94.9 Å². The van der Waals surface area contributed by atoms with Crippen LogP contribution in [0.2, 0.25) is 0 Å². The number of anilines is 2. The predicted octanol–water partition coefficient (Wildman–Crippen LogP) is 4.88. The van der Waals surface area contributed by atoms with Gasteiger partial charge in [-0.25, -0.2) is 9.97 Å². The first kappa shape index (κ1) is 49.1. The van der Waals surface area contributed by atoms with Gasteiger partial charge in [0.05, 0.1) is 11.4 Å². The molecule has 4 aromatic heterocycles. The van der Waals surface area contributed by atoms with Crippen LogP contribution in [0.4, 0.5) is 11.4 Å². The van der Waals surface area contributed by atoms with Crippen LogP contribution in [-0.4, -0.2) is 48.2 Å². The molecule has 2 aromatic carbocycles. The zero-order chi connectivity index (χ0) is 29.6. The number of nitrogens with two attached hydrogens (primary N) is 2. The molecule has 0 radical (unpaired) electrons. The number of fused-ring (bicyclic) bond motifs is 2. The van der Waals surface area contributed by atoms with Crippen molar-refractivity contribution in [1.82, 2.24) is 19.9 Å². The van der Waals surface area contributed by atoms with Crippen molar-refractivity contribution in [3.63, 3.8) is 0 Å². The van der Waals surface area contributed by atoms with Crippen molar-refractivity contribution < 1.29 is 26.0 Å². The van der Waals surface area contributed by atoms with Crippen LogP contribution in [0.5, 0.6) is 0 Å². The van der Waals surface area contributed by atoms with E-state index < -0.39 is 0 Å². The molecular formula is C32H42Cl4N8O5. The van der Waals surface area contributed by atoms with E-state index in [9.17, 15) is 9.59 Å². The lowest BCUT2D eigenvalue weighted by atomic mass is 10.1. The van der Waals surface area contributed by atoms with E-state index in [1.54, 1.807) is 61.2 Å². The molecule has 2 amide bonds. The van der Waals surface area contributed by atoms with E-state index in [0.29, 0.717) is 11.1 Å². The standard InChI is InChI=1S/2C16H16N4O.4ClH.3H2O/c2*1-10(17)11-2-4-12(5-3-11)16(21)20-14-7-9-19-15-13(14)6-8-18-15;;;;;;;/h2*2-10H,17H2,1H3,(H2,18,19,20,21);4*1H;3*1H2/t2*10-;;;;;;;/m11......./s1. The minimum absolute atomic E-state index is 0. The summed E-state index contributed by atoms with van der Waals surface area (Å²) in [6.07, 6.45) is 6.91. The van der Waals surface area contributed by atoms with E-state index in [1.807, 2.05) is 50.2 Å². The second-order valence-electron chi connectivity index (χ2n) is 9.93. The number of pyridine rings is 2. The van der Waals surface area contributed by atoms with Crippen LogP contribution in [0, 0.1) is 0 Å². The van der Waals surface area contributed by atoms with Crippen LogP contribution in [0.1, 0.15) is 57.8 Å². The summed E-state index contributed by atoms with van der Waals surface area (Å²) in [6.45, 7) is 3.82. The summed E-state index contributed by atoms with van der Waals surface area (Å²) in [7, 11) is 0. The average molecular weight is 761 g/mol. The van der Waals surface area contributed by atoms with Crippen molar-refractivity contribution in [2.24, 2.45) is 11.5 Å². The number of hydrogen-bond donors (Lipinski definition) is 6. The van der Waals surface area contributed by atoms with E-state index in [0.717, 1.165) is 44.6 Å². The first-order valence-electron chi connectivity index (χ1n) is 13.5. The molecule has 0 fully saturated rings. The van der Waals surface area contributed by atoms with Crippen LogP contribution in [-0.2, 0) is 0 Å². The molecule has 6 aromatic rings. The van der Waals surface area contributed by atoms with Crippen molar-refractivity contribution in [2.75, 3.05) is 10.6 Å². The molecule has 0 spiro atoms. The van der Waals surface area contributed by atoms with Crippen LogP contribution in [0.15, 0.2) is 97.6 Å². The normalized spacial score (nSPS) is 10.5. The van der Waals surface area contributed by atoms with E-state index >= 15 is 0 Å². The van der Waals surface area contributed by atoms with Gasteiger partial charge in [-0.1, -0.05) is 24.3 Å². The van der Waals surface area contributed by atoms with Gasteiger partial charge >= 0.3 is 0 Å². The lowest BCUT2D eigenvalue weighted by Gasteiger charge is -2.08. The van der Waals surface area contributed by atoms with Gasteiger partial charge in [-0.3, -0.25) is 9.59 Å². The fourth-order valence-corrected chi connectivity index (χ4v) is 4.40. The summed E-state index contributed by atoms with van der Waals surface area (Å²) in [6, 6.07) is 21.9. The fourth-order valence-electron chi connectivity index (χ4n) is 4.40. The number of halogens is 4. The van der Waals surface area contributed by atoms with Crippen LogP contribution in [0.3, 0.4) is 0 Å². The van der Waals surface area contributed by atoms with E-state index in [2.05, 4.69) is 30.6 Å². The summed E-state index contributed by atoms with van der Waals surface area (Å²) in [4.78, 5) is 39.0. The zero-order valence-corrected chi connectivity index (χ0v) is 29.7. The Morgan fingerprint density at radius 1 is 0.571 bits per heavy atom. The quantitative estimate of drug-likeness (QED) is 0.138. The van der Waals surface area contributed by atoms with Gasteiger partial charge in [-0.2, -0.15) is 0 Å². The van der Waals surface area contributed by atoms with Crippen LogP contribution < -0.4 is 22.1 Å². The molecule has 17 heteroatoms. The topological polar surface area (TPSA) is 262 Å². The molecule has 2 atom stereocenters. The lowest BCUT2D eigenvalue weighted by molar-refractivity contribution is 0.101. The maximum absolute atomic E-state index is 12.3. The predicted molar refractivity (Wildman–Crippen MR) is 206 cm³/mol. The van der Waals surface area contributed by atoms with Crippen LogP contribution >= 0.6 is 49.6 Å². The Morgan fingerprint density at radius 3 is 1.20 bits per heavy atom. The van der Waals surface area contributed by atoms with Gasteiger partial charge in [0, 0.05) is 58.8 Å². The molecule has 0 unspecified atom stereocenters. The number of amides is 2. The van der Waals surface area contributed by atoms with E-state index in [4.69, 9.17) is 11.5 Å². The minimum atomic E-state index is -0.153. The number of nitrogens with one attached hydrogen (secondary N) is 4. The largest absolute Gasteiger partial charge is 0.412 e. The Bertz CT molecular complexity index is 1720. The second-order valence-corrected chi connectivity index (χ2v) is 9.93. The molecule has 4 heterocycles.